The quantitative estimate of drug-likeness (QED) is 0.380. The summed E-state index contributed by atoms with van der Waals surface area (Å²) in [6.45, 7) is 3.87. The lowest BCUT2D eigenvalue weighted by Gasteiger charge is -2.23. The first-order valence-corrected chi connectivity index (χ1v) is 11.4. The van der Waals surface area contributed by atoms with Crippen molar-refractivity contribution in [3.63, 3.8) is 0 Å². The van der Waals surface area contributed by atoms with Crippen LogP contribution in [0.4, 0.5) is 11.5 Å². The Hall–Kier alpha value is -3.10. The molecule has 0 radical (unpaired) electrons. The summed E-state index contributed by atoms with van der Waals surface area (Å²) in [6, 6.07) is 13.0. The molecular weight excluding hydrogens is 448 g/mol. The fourth-order valence-electron chi connectivity index (χ4n) is 3.65. The standard InChI is InChI=1S/C23H21ClN4O3S/c1-12-7-13(2)9-16(8-12)25-21(30)17-10-18(29)26-20-19(17)22(31)28-23(27-20)32-11-14-3-5-15(24)6-4-14/h3-9,17H,10-11H2,1-2H3,(H,25,30)(H2,26,27,28,29,31). The smallest absolute Gasteiger partial charge is 0.257 e. The number of aryl methyl sites for hydroxylation is 2. The van der Waals surface area contributed by atoms with Crippen LogP contribution in [0.2, 0.25) is 5.02 Å². The van der Waals surface area contributed by atoms with Crippen LogP contribution in [-0.4, -0.2) is 21.8 Å². The number of benzene rings is 2. The van der Waals surface area contributed by atoms with Crippen LogP contribution in [0.5, 0.6) is 0 Å². The minimum atomic E-state index is -0.925. The highest BCUT2D eigenvalue weighted by molar-refractivity contribution is 7.98. The van der Waals surface area contributed by atoms with E-state index in [1.807, 2.05) is 44.2 Å². The zero-order valence-electron chi connectivity index (χ0n) is 17.5. The minimum absolute atomic E-state index is 0.119. The second-order valence-corrected chi connectivity index (χ2v) is 9.12. The zero-order chi connectivity index (χ0) is 22.8. The fraction of sp³-hybridized carbons (Fsp3) is 0.217. The number of carbonyl (C=O) groups is 2. The van der Waals surface area contributed by atoms with E-state index in [2.05, 4.69) is 20.6 Å². The van der Waals surface area contributed by atoms with Crippen LogP contribution in [0.1, 0.15) is 34.6 Å². The third kappa shape index (κ3) is 5.03. The Labute approximate surface area is 194 Å². The van der Waals surface area contributed by atoms with Crippen LogP contribution < -0.4 is 16.2 Å². The Morgan fingerprint density at radius 1 is 1.16 bits per heavy atom. The molecule has 3 N–H and O–H groups in total. The minimum Gasteiger partial charge on any atom is -0.326 e. The molecule has 0 aliphatic carbocycles. The Bertz CT molecular complexity index is 1240. The maximum atomic E-state index is 13.0. The van der Waals surface area contributed by atoms with Gasteiger partial charge in [-0.25, -0.2) is 4.98 Å². The Balaban J connectivity index is 1.57. The van der Waals surface area contributed by atoms with E-state index in [1.165, 1.54) is 11.8 Å². The molecule has 0 spiro atoms. The number of aromatic amines is 1. The summed E-state index contributed by atoms with van der Waals surface area (Å²) in [5.41, 5.74) is 3.37. The highest BCUT2D eigenvalue weighted by atomic mass is 35.5. The van der Waals surface area contributed by atoms with Crippen LogP contribution in [0.3, 0.4) is 0 Å². The second-order valence-electron chi connectivity index (χ2n) is 7.72. The highest BCUT2D eigenvalue weighted by Crippen LogP contribution is 2.31. The predicted octanol–water partition coefficient (Wildman–Crippen LogP) is 4.40. The van der Waals surface area contributed by atoms with Gasteiger partial charge in [0.1, 0.15) is 5.82 Å². The number of thioether (sulfide) groups is 1. The van der Waals surface area contributed by atoms with Crippen molar-refractivity contribution in [2.75, 3.05) is 10.6 Å². The Morgan fingerprint density at radius 3 is 2.53 bits per heavy atom. The number of halogens is 1. The number of H-pyrrole nitrogens is 1. The first-order valence-electron chi connectivity index (χ1n) is 9.99. The fourth-order valence-corrected chi connectivity index (χ4v) is 4.59. The number of aromatic nitrogens is 2. The van der Waals surface area contributed by atoms with E-state index in [4.69, 9.17) is 11.6 Å². The molecule has 0 fully saturated rings. The number of nitrogens with one attached hydrogen (secondary N) is 3. The lowest BCUT2D eigenvalue weighted by atomic mass is 9.92. The molecule has 2 heterocycles. The third-order valence-corrected chi connectivity index (χ3v) is 6.22. The monoisotopic (exact) mass is 468 g/mol. The summed E-state index contributed by atoms with van der Waals surface area (Å²) < 4.78 is 0. The molecule has 1 atom stereocenters. The Morgan fingerprint density at radius 2 is 1.84 bits per heavy atom. The SMILES string of the molecule is Cc1cc(C)cc(NC(=O)C2CC(=O)Nc3nc(SCc4ccc(Cl)cc4)[nH]c(=O)c32)c1. The highest BCUT2D eigenvalue weighted by Gasteiger charge is 2.34. The van der Waals surface area contributed by atoms with E-state index in [0.717, 1.165) is 16.7 Å². The molecule has 3 aromatic rings. The maximum absolute atomic E-state index is 13.0. The Kier molecular flexibility index (Phi) is 6.34. The lowest BCUT2D eigenvalue weighted by Crippen LogP contribution is -2.36. The van der Waals surface area contributed by atoms with Gasteiger partial charge in [0.05, 0.1) is 11.5 Å². The molecule has 1 aliphatic rings. The van der Waals surface area contributed by atoms with Crippen molar-refractivity contribution in [1.82, 2.24) is 9.97 Å². The summed E-state index contributed by atoms with van der Waals surface area (Å²) in [6.07, 6.45) is -0.119. The molecule has 9 heteroatoms. The summed E-state index contributed by atoms with van der Waals surface area (Å²) in [5, 5.41) is 6.47. The largest absolute Gasteiger partial charge is 0.326 e. The van der Waals surface area contributed by atoms with E-state index in [-0.39, 0.29) is 23.7 Å². The van der Waals surface area contributed by atoms with Gasteiger partial charge in [-0.2, -0.15) is 0 Å². The number of rotatable bonds is 5. The van der Waals surface area contributed by atoms with Crippen molar-refractivity contribution in [3.8, 4) is 0 Å². The molecule has 1 unspecified atom stereocenters. The normalized spacial score (nSPS) is 15.1. The molecule has 0 saturated carbocycles. The third-order valence-electron chi connectivity index (χ3n) is 5.02. The number of carbonyl (C=O) groups excluding carboxylic acids is 2. The summed E-state index contributed by atoms with van der Waals surface area (Å²) in [5.74, 6) is -1.01. The van der Waals surface area contributed by atoms with Crippen molar-refractivity contribution in [3.05, 3.63) is 80.1 Å². The van der Waals surface area contributed by atoms with Gasteiger partial charge < -0.3 is 15.6 Å². The summed E-state index contributed by atoms with van der Waals surface area (Å²) in [7, 11) is 0. The van der Waals surface area contributed by atoms with Crippen LogP contribution in [0, 0.1) is 13.8 Å². The first kappa shape index (κ1) is 22.1. The first-order chi connectivity index (χ1) is 15.3. The number of hydrogen-bond donors (Lipinski definition) is 3. The molecule has 164 valence electrons. The number of fused-ring (bicyclic) bond motifs is 1. The average molecular weight is 469 g/mol. The molecule has 32 heavy (non-hydrogen) atoms. The van der Waals surface area contributed by atoms with Gasteiger partial charge >= 0.3 is 0 Å². The van der Waals surface area contributed by atoms with Crippen LogP contribution in [0.15, 0.2) is 52.4 Å². The average Bonchev–Trinajstić information content (AvgIpc) is 2.71. The van der Waals surface area contributed by atoms with E-state index < -0.39 is 17.4 Å². The van der Waals surface area contributed by atoms with E-state index >= 15 is 0 Å². The van der Waals surface area contributed by atoms with Crippen LogP contribution in [0.25, 0.3) is 0 Å². The second kappa shape index (κ2) is 9.18. The maximum Gasteiger partial charge on any atom is 0.257 e. The van der Waals surface area contributed by atoms with Crippen LogP contribution >= 0.6 is 23.4 Å². The topological polar surface area (TPSA) is 104 Å². The van der Waals surface area contributed by atoms with Gasteiger partial charge in [0.15, 0.2) is 5.16 Å². The molecule has 1 aromatic heterocycles. The van der Waals surface area contributed by atoms with Gasteiger partial charge in [-0.3, -0.25) is 14.4 Å². The van der Waals surface area contributed by atoms with Gasteiger partial charge in [0.2, 0.25) is 11.8 Å². The van der Waals surface area contributed by atoms with Gasteiger partial charge in [0, 0.05) is 22.9 Å². The number of anilines is 2. The zero-order valence-corrected chi connectivity index (χ0v) is 19.1. The molecular formula is C23H21ClN4O3S. The van der Waals surface area contributed by atoms with Crippen molar-refractivity contribution in [2.45, 2.75) is 37.1 Å². The predicted molar refractivity (Wildman–Crippen MR) is 126 cm³/mol. The van der Waals surface area contributed by atoms with Crippen molar-refractivity contribution >= 4 is 46.7 Å². The molecule has 0 bridgehead atoms. The number of amides is 2. The summed E-state index contributed by atoms with van der Waals surface area (Å²) in [4.78, 5) is 45.3. The van der Waals surface area contributed by atoms with Gasteiger partial charge in [-0.15, -0.1) is 0 Å². The van der Waals surface area contributed by atoms with Crippen molar-refractivity contribution < 1.29 is 9.59 Å². The molecule has 4 rings (SSSR count). The van der Waals surface area contributed by atoms with E-state index in [9.17, 15) is 14.4 Å². The van der Waals surface area contributed by atoms with Crippen LogP contribution in [-0.2, 0) is 15.3 Å². The molecule has 2 aromatic carbocycles. The van der Waals surface area contributed by atoms with Gasteiger partial charge in [-0.1, -0.05) is 41.6 Å². The van der Waals surface area contributed by atoms with Gasteiger partial charge in [-0.05, 0) is 54.8 Å². The van der Waals surface area contributed by atoms with Gasteiger partial charge in [0.25, 0.3) is 5.56 Å². The molecule has 1 aliphatic heterocycles. The lowest BCUT2D eigenvalue weighted by molar-refractivity contribution is -0.123. The number of hydrogen-bond acceptors (Lipinski definition) is 5. The van der Waals surface area contributed by atoms with Crippen molar-refractivity contribution in [2.24, 2.45) is 0 Å². The van der Waals surface area contributed by atoms with E-state index in [1.54, 1.807) is 12.1 Å². The van der Waals surface area contributed by atoms with Crippen molar-refractivity contribution in [1.29, 1.82) is 0 Å². The molecule has 0 saturated heterocycles. The molecule has 7 nitrogen and oxygen atoms in total. The summed E-state index contributed by atoms with van der Waals surface area (Å²) >= 11 is 7.23. The molecule has 2 amide bonds. The van der Waals surface area contributed by atoms with E-state index in [0.29, 0.717) is 21.6 Å². The number of nitrogens with zero attached hydrogens (tertiary/aromatic N) is 1.